The first-order chi connectivity index (χ1) is 13.1. The Kier molecular flexibility index (Phi) is 5.75. The Balaban J connectivity index is 1.65. The topological polar surface area (TPSA) is 52.6 Å². The van der Waals surface area contributed by atoms with Crippen LogP contribution >= 0.6 is 11.6 Å². The fourth-order valence-corrected chi connectivity index (χ4v) is 3.54. The maximum absolute atomic E-state index is 14.0. The third kappa shape index (κ3) is 4.71. The lowest BCUT2D eigenvalue weighted by Gasteiger charge is -2.33. The molecule has 148 valence electrons. The van der Waals surface area contributed by atoms with Gasteiger partial charge in [-0.1, -0.05) is 42.8 Å². The standard InChI is InChI=1S/C22H22ClFO4/c1-13(11-18-20(25)27-22(2,3)28-21(18)26)10-14-4-6-15(7-5-14)17-12-16(23)8-9-19(17)24/h4-9,12-13,18H,10-11H2,1-3H3/t13-/m1/s1. The SMILES string of the molecule is C[C@H](Cc1ccc(-c2cc(Cl)ccc2F)cc1)CC1C(=O)OC(C)(C)OC1=O. The number of rotatable bonds is 5. The van der Waals surface area contributed by atoms with Crippen LogP contribution in [0.25, 0.3) is 11.1 Å². The largest absolute Gasteiger partial charge is 0.422 e. The molecule has 0 N–H and O–H groups in total. The van der Waals surface area contributed by atoms with E-state index in [2.05, 4.69) is 0 Å². The molecule has 1 saturated heterocycles. The first-order valence-corrected chi connectivity index (χ1v) is 9.52. The number of esters is 2. The van der Waals surface area contributed by atoms with Crippen LogP contribution in [0.4, 0.5) is 4.39 Å². The van der Waals surface area contributed by atoms with Crippen LogP contribution in [0.1, 0.15) is 32.8 Å². The van der Waals surface area contributed by atoms with Gasteiger partial charge in [0.15, 0.2) is 5.92 Å². The summed E-state index contributed by atoms with van der Waals surface area (Å²) in [5, 5.41) is 0.475. The predicted octanol–water partition coefficient (Wildman–Crippen LogP) is 5.17. The lowest BCUT2D eigenvalue weighted by atomic mass is 9.89. The number of benzene rings is 2. The number of hydrogen-bond donors (Lipinski definition) is 0. The monoisotopic (exact) mass is 404 g/mol. The molecule has 0 saturated carbocycles. The highest BCUT2D eigenvalue weighted by Crippen LogP contribution is 2.29. The molecule has 0 radical (unpaired) electrons. The summed E-state index contributed by atoms with van der Waals surface area (Å²) in [4.78, 5) is 24.2. The Hall–Kier alpha value is -2.40. The van der Waals surface area contributed by atoms with Gasteiger partial charge < -0.3 is 9.47 Å². The van der Waals surface area contributed by atoms with Gasteiger partial charge in [0.05, 0.1) is 0 Å². The van der Waals surface area contributed by atoms with Crippen molar-refractivity contribution in [1.82, 2.24) is 0 Å². The van der Waals surface area contributed by atoms with E-state index in [4.69, 9.17) is 21.1 Å². The molecular formula is C22H22ClFO4. The summed E-state index contributed by atoms with van der Waals surface area (Å²) in [7, 11) is 0. The lowest BCUT2D eigenvalue weighted by Crippen LogP contribution is -2.46. The van der Waals surface area contributed by atoms with Gasteiger partial charge in [0, 0.05) is 24.4 Å². The Morgan fingerprint density at radius 2 is 1.68 bits per heavy atom. The molecule has 1 fully saturated rings. The van der Waals surface area contributed by atoms with Gasteiger partial charge in [0.25, 0.3) is 5.79 Å². The molecule has 3 rings (SSSR count). The van der Waals surface area contributed by atoms with E-state index in [1.165, 1.54) is 26.0 Å². The van der Waals surface area contributed by atoms with Gasteiger partial charge in [-0.05, 0) is 48.1 Å². The van der Waals surface area contributed by atoms with Crippen molar-refractivity contribution in [3.63, 3.8) is 0 Å². The number of carbonyl (C=O) groups is 2. The molecule has 0 aliphatic carbocycles. The van der Waals surface area contributed by atoms with E-state index < -0.39 is 23.6 Å². The normalized spacial score (nSPS) is 17.8. The maximum atomic E-state index is 14.0. The van der Waals surface area contributed by atoms with Crippen LogP contribution in [0.2, 0.25) is 5.02 Å². The highest BCUT2D eigenvalue weighted by molar-refractivity contribution is 6.30. The summed E-state index contributed by atoms with van der Waals surface area (Å²) in [5.74, 6) is -3.47. The zero-order valence-corrected chi connectivity index (χ0v) is 16.8. The van der Waals surface area contributed by atoms with Gasteiger partial charge in [0.2, 0.25) is 0 Å². The smallest absolute Gasteiger partial charge is 0.323 e. The summed E-state index contributed by atoms with van der Waals surface area (Å²) in [6.07, 6.45) is 1.01. The number of ether oxygens (including phenoxy) is 2. The van der Waals surface area contributed by atoms with E-state index in [1.807, 2.05) is 31.2 Å². The zero-order chi connectivity index (χ0) is 20.5. The Labute approximate surface area is 168 Å². The average Bonchev–Trinajstić information content (AvgIpc) is 2.60. The average molecular weight is 405 g/mol. The second-order valence-electron chi connectivity index (χ2n) is 7.66. The number of halogens is 2. The summed E-state index contributed by atoms with van der Waals surface area (Å²) in [6.45, 7) is 5.03. The zero-order valence-electron chi connectivity index (χ0n) is 16.0. The van der Waals surface area contributed by atoms with E-state index in [1.54, 1.807) is 6.07 Å². The molecule has 4 nitrogen and oxygen atoms in total. The van der Waals surface area contributed by atoms with Crippen molar-refractivity contribution in [1.29, 1.82) is 0 Å². The van der Waals surface area contributed by atoms with Gasteiger partial charge >= 0.3 is 11.9 Å². The van der Waals surface area contributed by atoms with Gasteiger partial charge in [-0.3, -0.25) is 9.59 Å². The predicted molar refractivity (Wildman–Crippen MR) is 104 cm³/mol. The van der Waals surface area contributed by atoms with Crippen molar-refractivity contribution in [2.75, 3.05) is 0 Å². The second kappa shape index (κ2) is 7.92. The molecule has 1 aliphatic heterocycles. The van der Waals surface area contributed by atoms with E-state index >= 15 is 0 Å². The summed E-state index contributed by atoms with van der Waals surface area (Å²) < 4.78 is 24.3. The molecule has 0 spiro atoms. The van der Waals surface area contributed by atoms with Crippen LogP contribution < -0.4 is 0 Å². The molecule has 0 unspecified atom stereocenters. The van der Waals surface area contributed by atoms with Crippen LogP contribution in [-0.4, -0.2) is 17.7 Å². The molecule has 2 aromatic rings. The third-order valence-corrected chi connectivity index (χ3v) is 4.91. The Bertz CT molecular complexity index is 872. The van der Waals surface area contributed by atoms with Gasteiger partial charge in [-0.15, -0.1) is 0 Å². The van der Waals surface area contributed by atoms with Crippen LogP contribution in [0.3, 0.4) is 0 Å². The molecule has 0 bridgehead atoms. The molecule has 2 aromatic carbocycles. The van der Waals surface area contributed by atoms with Crippen LogP contribution in [0, 0.1) is 17.7 Å². The van der Waals surface area contributed by atoms with Crippen LogP contribution in [0.15, 0.2) is 42.5 Å². The van der Waals surface area contributed by atoms with Crippen molar-refractivity contribution < 1.29 is 23.5 Å². The molecule has 1 atom stereocenters. The highest BCUT2D eigenvalue weighted by atomic mass is 35.5. The third-order valence-electron chi connectivity index (χ3n) is 4.68. The summed E-state index contributed by atoms with van der Waals surface area (Å²) in [5.41, 5.74) is 2.21. The second-order valence-corrected chi connectivity index (χ2v) is 8.10. The molecule has 0 aromatic heterocycles. The molecule has 1 aliphatic rings. The van der Waals surface area contributed by atoms with E-state index in [0.717, 1.165) is 11.1 Å². The van der Waals surface area contributed by atoms with Crippen molar-refractivity contribution in [2.45, 2.75) is 39.4 Å². The first kappa shape index (κ1) is 20.3. The molecule has 0 amide bonds. The fourth-order valence-electron chi connectivity index (χ4n) is 3.36. The van der Waals surface area contributed by atoms with Crippen molar-refractivity contribution >= 4 is 23.5 Å². The highest BCUT2D eigenvalue weighted by Gasteiger charge is 2.43. The Morgan fingerprint density at radius 3 is 2.29 bits per heavy atom. The minimum Gasteiger partial charge on any atom is -0.422 e. The first-order valence-electron chi connectivity index (χ1n) is 9.15. The minimum atomic E-state index is -1.21. The van der Waals surface area contributed by atoms with Gasteiger partial charge in [-0.2, -0.15) is 0 Å². The van der Waals surface area contributed by atoms with Crippen LogP contribution in [-0.2, 0) is 25.5 Å². The minimum absolute atomic E-state index is 0.0556. The van der Waals surface area contributed by atoms with Crippen molar-refractivity contribution in [3.8, 4) is 11.1 Å². The van der Waals surface area contributed by atoms with Crippen molar-refractivity contribution in [2.24, 2.45) is 11.8 Å². The summed E-state index contributed by atoms with van der Waals surface area (Å²) >= 11 is 5.96. The van der Waals surface area contributed by atoms with Crippen molar-refractivity contribution in [3.05, 3.63) is 58.9 Å². The van der Waals surface area contributed by atoms with E-state index in [9.17, 15) is 14.0 Å². The van der Waals surface area contributed by atoms with Crippen LogP contribution in [0.5, 0.6) is 0 Å². The fraction of sp³-hybridized carbons (Fsp3) is 0.364. The number of hydrogen-bond acceptors (Lipinski definition) is 4. The molecule has 6 heteroatoms. The van der Waals surface area contributed by atoms with Gasteiger partial charge in [0.1, 0.15) is 5.82 Å². The van der Waals surface area contributed by atoms with E-state index in [-0.39, 0.29) is 11.7 Å². The van der Waals surface area contributed by atoms with E-state index in [0.29, 0.717) is 23.4 Å². The molecule has 28 heavy (non-hydrogen) atoms. The number of cyclic esters (lactones) is 2. The van der Waals surface area contributed by atoms with Gasteiger partial charge in [-0.25, -0.2) is 4.39 Å². The Morgan fingerprint density at radius 1 is 1.07 bits per heavy atom. The number of carbonyl (C=O) groups excluding carboxylic acids is 2. The summed E-state index contributed by atoms with van der Waals surface area (Å²) in [6, 6.07) is 11.9. The maximum Gasteiger partial charge on any atom is 0.323 e. The molecular weight excluding hydrogens is 383 g/mol. The lowest BCUT2D eigenvalue weighted by molar-refractivity contribution is -0.240. The quantitative estimate of drug-likeness (QED) is 0.509. The molecule has 1 heterocycles.